The van der Waals surface area contributed by atoms with Crippen molar-refractivity contribution in [1.29, 1.82) is 0 Å². The van der Waals surface area contributed by atoms with Crippen molar-refractivity contribution in [2.75, 3.05) is 0 Å². The number of nitrogens with two attached hydrogens (primary N) is 1. The van der Waals surface area contributed by atoms with Gasteiger partial charge in [0.1, 0.15) is 5.75 Å². The lowest BCUT2D eigenvalue weighted by Crippen LogP contribution is -2.01. The van der Waals surface area contributed by atoms with Crippen molar-refractivity contribution in [1.82, 2.24) is 4.98 Å². The number of rotatable bonds is 3. The minimum atomic E-state index is 0.342. The molecule has 0 atom stereocenters. The molecule has 0 aliphatic carbocycles. The van der Waals surface area contributed by atoms with Gasteiger partial charge in [0.25, 0.3) is 0 Å². The molecule has 0 saturated heterocycles. The van der Waals surface area contributed by atoms with E-state index in [9.17, 15) is 0 Å². The Morgan fingerprint density at radius 3 is 2.57 bits per heavy atom. The molecular formula is C16H12Cl2N2O. The van der Waals surface area contributed by atoms with E-state index in [0.29, 0.717) is 28.2 Å². The summed E-state index contributed by atoms with van der Waals surface area (Å²) in [5.41, 5.74) is 7.47. The lowest BCUT2D eigenvalue weighted by Gasteiger charge is -2.11. The SMILES string of the molecule is NCc1cc2ccccc2nc1Oc1ccc(Cl)c(Cl)c1. The van der Waals surface area contributed by atoms with Gasteiger partial charge < -0.3 is 10.5 Å². The van der Waals surface area contributed by atoms with Crippen molar-refractivity contribution in [3.05, 3.63) is 64.1 Å². The maximum absolute atomic E-state index is 5.99. The molecule has 3 nitrogen and oxygen atoms in total. The minimum absolute atomic E-state index is 0.342. The monoisotopic (exact) mass is 318 g/mol. The number of hydrogen-bond acceptors (Lipinski definition) is 3. The molecule has 3 rings (SSSR count). The standard InChI is InChI=1S/C16H12Cl2N2O/c17-13-6-5-12(8-14(13)18)21-16-11(9-19)7-10-3-1-2-4-15(10)20-16/h1-8H,9,19H2. The van der Waals surface area contributed by atoms with E-state index in [0.717, 1.165) is 16.5 Å². The predicted molar refractivity (Wildman–Crippen MR) is 86.2 cm³/mol. The second-order valence-corrected chi connectivity index (χ2v) is 5.34. The summed E-state index contributed by atoms with van der Waals surface area (Å²) in [5, 5.41) is 1.94. The molecule has 0 unspecified atom stereocenters. The largest absolute Gasteiger partial charge is 0.439 e. The Bertz CT molecular complexity index is 805. The maximum atomic E-state index is 5.99. The molecule has 5 heteroatoms. The number of para-hydroxylation sites is 1. The zero-order valence-corrected chi connectivity index (χ0v) is 12.5. The number of pyridine rings is 1. The van der Waals surface area contributed by atoms with E-state index in [-0.39, 0.29) is 0 Å². The molecular weight excluding hydrogens is 307 g/mol. The highest BCUT2D eigenvalue weighted by atomic mass is 35.5. The quantitative estimate of drug-likeness (QED) is 0.755. The fraction of sp³-hybridized carbons (Fsp3) is 0.0625. The van der Waals surface area contributed by atoms with Crippen LogP contribution in [0, 0.1) is 0 Å². The zero-order chi connectivity index (χ0) is 14.8. The van der Waals surface area contributed by atoms with Gasteiger partial charge in [0.15, 0.2) is 0 Å². The van der Waals surface area contributed by atoms with Gasteiger partial charge in [-0.05, 0) is 24.3 Å². The van der Waals surface area contributed by atoms with Gasteiger partial charge in [0, 0.05) is 23.6 Å². The third-order valence-electron chi connectivity index (χ3n) is 3.09. The van der Waals surface area contributed by atoms with E-state index in [1.165, 1.54) is 0 Å². The van der Waals surface area contributed by atoms with E-state index in [1.807, 2.05) is 30.3 Å². The number of fused-ring (bicyclic) bond motifs is 1. The van der Waals surface area contributed by atoms with Crippen LogP contribution < -0.4 is 10.5 Å². The van der Waals surface area contributed by atoms with Crippen molar-refractivity contribution in [3.8, 4) is 11.6 Å². The van der Waals surface area contributed by atoms with Crippen LogP contribution in [0.2, 0.25) is 10.0 Å². The summed E-state index contributed by atoms with van der Waals surface area (Å²) in [5.74, 6) is 1.05. The Balaban J connectivity index is 2.04. The lowest BCUT2D eigenvalue weighted by atomic mass is 10.1. The van der Waals surface area contributed by atoms with Gasteiger partial charge in [-0.25, -0.2) is 4.98 Å². The Morgan fingerprint density at radius 2 is 1.81 bits per heavy atom. The Labute approximate surface area is 132 Å². The fourth-order valence-corrected chi connectivity index (χ4v) is 2.32. The zero-order valence-electron chi connectivity index (χ0n) is 11.0. The molecule has 0 aliphatic heterocycles. The molecule has 21 heavy (non-hydrogen) atoms. The highest BCUT2D eigenvalue weighted by molar-refractivity contribution is 6.42. The number of aromatic nitrogens is 1. The van der Waals surface area contributed by atoms with Crippen LogP contribution in [-0.4, -0.2) is 4.98 Å². The number of hydrogen-bond donors (Lipinski definition) is 1. The molecule has 1 aromatic heterocycles. The molecule has 2 aromatic carbocycles. The minimum Gasteiger partial charge on any atom is -0.439 e. The molecule has 0 radical (unpaired) electrons. The van der Waals surface area contributed by atoms with Crippen molar-refractivity contribution in [2.45, 2.75) is 6.54 Å². The van der Waals surface area contributed by atoms with Crippen molar-refractivity contribution in [2.24, 2.45) is 5.73 Å². The van der Waals surface area contributed by atoms with Crippen LogP contribution in [0.3, 0.4) is 0 Å². The van der Waals surface area contributed by atoms with Crippen LogP contribution in [-0.2, 0) is 6.54 Å². The topological polar surface area (TPSA) is 48.1 Å². The van der Waals surface area contributed by atoms with Crippen LogP contribution >= 0.6 is 23.2 Å². The van der Waals surface area contributed by atoms with E-state index in [1.54, 1.807) is 18.2 Å². The highest BCUT2D eigenvalue weighted by Gasteiger charge is 2.09. The van der Waals surface area contributed by atoms with Crippen LogP contribution in [0.1, 0.15) is 5.56 Å². The first-order valence-corrected chi connectivity index (χ1v) is 7.14. The van der Waals surface area contributed by atoms with Gasteiger partial charge in [0.2, 0.25) is 5.88 Å². The van der Waals surface area contributed by atoms with Gasteiger partial charge in [-0.1, -0.05) is 41.4 Å². The third-order valence-corrected chi connectivity index (χ3v) is 3.83. The second kappa shape index (κ2) is 5.90. The average molecular weight is 319 g/mol. The Morgan fingerprint density at radius 1 is 1.00 bits per heavy atom. The van der Waals surface area contributed by atoms with E-state index < -0.39 is 0 Å². The summed E-state index contributed by atoms with van der Waals surface area (Å²) in [4.78, 5) is 4.52. The van der Waals surface area contributed by atoms with Gasteiger partial charge in [-0.3, -0.25) is 0 Å². The third kappa shape index (κ3) is 2.95. The summed E-state index contributed by atoms with van der Waals surface area (Å²) in [6.07, 6.45) is 0. The van der Waals surface area contributed by atoms with Crippen molar-refractivity contribution < 1.29 is 4.74 Å². The predicted octanol–water partition coefficient (Wildman–Crippen LogP) is 4.79. The average Bonchev–Trinajstić information content (AvgIpc) is 2.50. The molecule has 2 N–H and O–H groups in total. The van der Waals surface area contributed by atoms with Crippen molar-refractivity contribution >= 4 is 34.1 Å². The molecule has 0 fully saturated rings. The summed E-state index contributed by atoms with van der Waals surface area (Å²) in [7, 11) is 0. The first-order chi connectivity index (χ1) is 10.2. The van der Waals surface area contributed by atoms with Gasteiger partial charge in [0.05, 0.1) is 15.6 Å². The van der Waals surface area contributed by atoms with Crippen molar-refractivity contribution in [3.63, 3.8) is 0 Å². The first-order valence-electron chi connectivity index (χ1n) is 6.39. The normalized spacial score (nSPS) is 10.8. The molecule has 106 valence electrons. The van der Waals surface area contributed by atoms with Crippen LogP contribution in [0.5, 0.6) is 11.6 Å². The molecule has 0 aliphatic rings. The summed E-state index contributed by atoms with van der Waals surface area (Å²) in [6, 6.07) is 14.9. The first kappa shape index (κ1) is 14.1. The Kier molecular flexibility index (Phi) is 3.97. The molecule has 0 spiro atoms. The molecule has 3 aromatic rings. The number of benzene rings is 2. The fourth-order valence-electron chi connectivity index (χ4n) is 2.03. The summed E-state index contributed by atoms with van der Waals surface area (Å²) in [6.45, 7) is 0.342. The Hall–Kier alpha value is -1.81. The molecule has 1 heterocycles. The lowest BCUT2D eigenvalue weighted by molar-refractivity contribution is 0.458. The number of ether oxygens (including phenoxy) is 1. The van der Waals surface area contributed by atoms with E-state index in [4.69, 9.17) is 33.7 Å². The molecule has 0 bridgehead atoms. The second-order valence-electron chi connectivity index (χ2n) is 4.53. The highest BCUT2D eigenvalue weighted by Crippen LogP contribution is 2.31. The van der Waals surface area contributed by atoms with Crippen LogP contribution in [0.4, 0.5) is 0 Å². The van der Waals surface area contributed by atoms with Crippen LogP contribution in [0.15, 0.2) is 48.5 Å². The van der Waals surface area contributed by atoms with Gasteiger partial charge in [-0.2, -0.15) is 0 Å². The van der Waals surface area contributed by atoms with Crippen LogP contribution in [0.25, 0.3) is 10.9 Å². The molecule has 0 saturated carbocycles. The molecule has 0 amide bonds. The smallest absolute Gasteiger partial charge is 0.224 e. The summed E-state index contributed by atoms with van der Waals surface area (Å²) < 4.78 is 5.81. The number of nitrogens with zero attached hydrogens (tertiary/aromatic N) is 1. The van der Waals surface area contributed by atoms with Gasteiger partial charge in [-0.15, -0.1) is 0 Å². The van der Waals surface area contributed by atoms with Gasteiger partial charge >= 0.3 is 0 Å². The number of halogens is 2. The summed E-state index contributed by atoms with van der Waals surface area (Å²) >= 11 is 11.9. The van der Waals surface area contributed by atoms with E-state index in [2.05, 4.69) is 4.98 Å². The van der Waals surface area contributed by atoms with E-state index >= 15 is 0 Å². The maximum Gasteiger partial charge on any atom is 0.224 e.